The van der Waals surface area contributed by atoms with Gasteiger partial charge in [0.05, 0.1) is 12.1 Å². The lowest BCUT2D eigenvalue weighted by atomic mass is 9.99. The molecule has 3 atom stereocenters. The molecule has 1 aliphatic rings. The minimum atomic E-state index is -0.250. The Labute approximate surface area is 217 Å². The van der Waals surface area contributed by atoms with Gasteiger partial charge in [-0.25, -0.2) is 0 Å². The molecule has 0 aliphatic carbocycles. The topological polar surface area (TPSA) is 59.8 Å². The Morgan fingerprint density at radius 1 is 1.14 bits per heavy atom. The number of methoxy groups -OCH3 is 1. The molecule has 0 saturated carbocycles. The van der Waals surface area contributed by atoms with Gasteiger partial charge < -0.3 is 9.47 Å². The second-order valence-electron chi connectivity index (χ2n) is 9.49. The summed E-state index contributed by atoms with van der Waals surface area (Å²) in [5, 5.41) is 0. The maximum Gasteiger partial charge on any atom is 0.172 e. The number of allylic oxidation sites excluding steroid dienone is 2. The molecular formula is C30H42N4O2. The van der Waals surface area contributed by atoms with Crippen molar-refractivity contribution in [1.82, 2.24) is 14.9 Å². The van der Waals surface area contributed by atoms with Crippen molar-refractivity contribution in [3.63, 3.8) is 0 Å². The minimum absolute atomic E-state index is 0.124. The van der Waals surface area contributed by atoms with Crippen LogP contribution in [0.25, 0.3) is 0 Å². The first kappa shape index (κ1) is 27.9. The van der Waals surface area contributed by atoms with Crippen LogP contribution in [-0.4, -0.2) is 53.7 Å². The highest BCUT2D eigenvalue weighted by Gasteiger charge is 2.32. The van der Waals surface area contributed by atoms with E-state index in [9.17, 15) is 0 Å². The normalized spacial score (nSPS) is 18.5. The second kappa shape index (κ2) is 16.1. The fraction of sp³-hybridized carbons (Fsp3) is 0.500. The van der Waals surface area contributed by atoms with E-state index in [1.807, 2.05) is 36.9 Å². The van der Waals surface area contributed by atoms with Crippen LogP contribution in [0.2, 0.25) is 0 Å². The van der Waals surface area contributed by atoms with Crippen LogP contribution in [0.3, 0.4) is 0 Å². The van der Waals surface area contributed by atoms with Crippen molar-refractivity contribution in [3.8, 4) is 0 Å². The van der Waals surface area contributed by atoms with Crippen molar-refractivity contribution in [2.45, 2.75) is 82.8 Å². The molecule has 0 radical (unpaired) electrons. The van der Waals surface area contributed by atoms with Gasteiger partial charge in [-0.3, -0.25) is 19.9 Å². The van der Waals surface area contributed by atoms with Crippen molar-refractivity contribution in [2.75, 3.05) is 13.7 Å². The molecule has 1 aliphatic heterocycles. The number of aromatic nitrogens is 2. The summed E-state index contributed by atoms with van der Waals surface area (Å²) >= 11 is 0. The molecule has 0 spiro atoms. The SMILES string of the molecule is C=C/C(=C\N=C)CCCC(CCCc1cccnc1)O[C@@H](OC)[C@@H]1CCCCN1Cc1ccncc1. The van der Waals surface area contributed by atoms with E-state index in [1.54, 1.807) is 13.3 Å². The molecule has 6 heteroatoms. The number of aliphatic imine (C=N–C) groups is 1. The number of hydrogen-bond donors (Lipinski definition) is 0. The van der Waals surface area contributed by atoms with Gasteiger partial charge in [0, 0.05) is 44.6 Å². The molecule has 194 valence electrons. The van der Waals surface area contributed by atoms with Gasteiger partial charge >= 0.3 is 0 Å². The largest absolute Gasteiger partial charge is 0.354 e. The molecule has 36 heavy (non-hydrogen) atoms. The highest BCUT2D eigenvalue weighted by molar-refractivity contribution is 5.28. The number of hydrogen-bond acceptors (Lipinski definition) is 6. The molecule has 1 unspecified atom stereocenters. The van der Waals surface area contributed by atoms with E-state index in [2.05, 4.69) is 51.4 Å². The first-order chi connectivity index (χ1) is 17.7. The lowest BCUT2D eigenvalue weighted by Crippen LogP contribution is -2.49. The predicted octanol–water partition coefficient (Wildman–Crippen LogP) is 6.15. The molecule has 3 heterocycles. The molecule has 2 aromatic rings. The van der Waals surface area contributed by atoms with E-state index in [1.165, 1.54) is 24.0 Å². The van der Waals surface area contributed by atoms with Crippen LogP contribution in [0.1, 0.15) is 62.5 Å². The third-order valence-electron chi connectivity index (χ3n) is 6.90. The predicted molar refractivity (Wildman–Crippen MR) is 147 cm³/mol. The van der Waals surface area contributed by atoms with E-state index in [0.717, 1.165) is 63.6 Å². The molecular weight excluding hydrogens is 448 g/mol. The first-order valence-electron chi connectivity index (χ1n) is 13.2. The van der Waals surface area contributed by atoms with E-state index in [0.29, 0.717) is 0 Å². The van der Waals surface area contributed by atoms with Gasteiger partial charge in [-0.1, -0.05) is 25.1 Å². The van der Waals surface area contributed by atoms with Gasteiger partial charge in [-0.2, -0.15) is 0 Å². The Morgan fingerprint density at radius 3 is 2.69 bits per heavy atom. The average Bonchev–Trinajstić information content (AvgIpc) is 2.92. The number of likely N-dealkylation sites (tertiary alicyclic amines) is 1. The van der Waals surface area contributed by atoms with Gasteiger partial charge in [0.15, 0.2) is 6.29 Å². The summed E-state index contributed by atoms with van der Waals surface area (Å²) in [6, 6.07) is 8.58. The number of nitrogens with zero attached hydrogens (tertiary/aromatic N) is 4. The van der Waals surface area contributed by atoms with Gasteiger partial charge in [0.1, 0.15) is 0 Å². The number of aryl methyl sites for hydroxylation is 1. The third kappa shape index (κ3) is 9.41. The summed E-state index contributed by atoms with van der Waals surface area (Å²) in [6.45, 7) is 9.43. The Bertz CT molecular complexity index is 919. The van der Waals surface area contributed by atoms with Crippen molar-refractivity contribution in [3.05, 3.63) is 84.6 Å². The zero-order valence-corrected chi connectivity index (χ0v) is 21.8. The zero-order chi connectivity index (χ0) is 25.4. The summed E-state index contributed by atoms with van der Waals surface area (Å²) < 4.78 is 12.8. The molecule has 1 saturated heterocycles. The Balaban J connectivity index is 1.64. The Morgan fingerprint density at radius 2 is 1.97 bits per heavy atom. The van der Waals surface area contributed by atoms with Crippen LogP contribution < -0.4 is 0 Å². The van der Waals surface area contributed by atoms with Crippen LogP contribution in [0.4, 0.5) is 0 Å². The fourth-order valence-electron chi connectivity index (χ4n) is 4.97. The molecule has 3 rings (SSSR count). The smallest absolute Gasteiger partial charge is 0.172 e. The van der Waals surface area contributed by atoms with Crippen LogP contribution >= 0.6 is 0 Å². The second-order valence-corrected chi connectivity index (χ2v) is 9.49. The van der Waals surface area contributed by atoms with Gasteiger partial charge in [0.25, 0.3) is 0 Å². The van der Waals surface area contributed by atoms with Gasteiger partial charge in [0.2, 0.25) is 0 Å². The van der Waals surface area contributed by atoms with Crippen molar-refractivity contribution < 1.29 is 9.47 Å². The van der Waals surface area contributed by atoms with Crippen molar-refractivity contribution in [1.29, 1.82) is 0 Å². The molecule has 0 aromatic carbocycles. The van der Waals surface area contributed by atoms with E-state index in [4.69, 9.17) is 9.47 Å². The van der Waals surface area contributed by atoms with E-state index in [-0.39, 0.29) is 18.4 Å². The maximum atomic E-state index is 6.75. The van der Waals surface area contributed by atoms with Crippen molar-refractivity contribution in [2.24, 2.45) is 4.99 Å². The average molecular weight is 491 g/mol. The third-order valence-corrected chi connectivity index (χ3v) is 6.90. The van der Waals surface area contributed by atoms with Crippen LogP contribution in [0, 0.1) is 0 Å². The summed E-state index contributed by atoms with van der Waals surface area (Å²) in [6.07, 6.45) is 20.5. The minimum Gasteiger partial charge on any atom is -0.354 e. The molecule has 0 amide bonds. The van der Waals surface area contributed by atoms with Crippen molar-refractivity contribution >= 4 is 6.72 Å². The van der Waals surface area contributed by atoms with Gasteiger partial charge in [-0.15, -0.1) is 0 Å². The van der Waals surface area contributed by atoms with E-state index < -0.39 is 0 Å². The van der Waals surface area contributed by atoms with Crippen LogP contribution in [-0.2, 0) is 22.4 Å². The van der Waals surface area contributed by atoms with Crippen LogP contribution in [0.5, 0.6) is 0 Å². The zero-order valence-electron chi connectivity index (χ0n) is 21.8. The summed E-state index contributed by atoms with van der Waals surface area (Å²) in [5.74, 6) is 0. The molecule has 2 aromatic heterocycles. The highest BCUT2D eigenvalue weighted by atomic mass is 16.7. The standard InChI is InChI=1S/C30H42N4O2/c1-4-25(22-31-2)10-7-13-28(14-8-11-26-12-9-18-33-23-26)36-30(35-3)29-15-5-6-21-34(29)24-27-16-19-32-20-17-27/h4,9,12,16-20,22-23,28-30H,1-2,5-8,10-11,13-15,21,24H2,3H3/b25-22+/t28?,29-,30+/m0/s1. The first-order valence-corrected chi connectivity index (χ1v) is 13.2. The van der Waals surface area contributed by atoms with Crippen LogP contribution in [0.15, 0.2) is 78.5 Å². The molecule has 0 N–H and O–H groups in total. The Kier molecular flexibility index (Phi) is 12.5. The molecule has 0 bridgehead atoms. The number of rotatable bonds is 16. The van der Waals surface area contributed by atoms with E-state index >= 15 is 0 Å². The number of piperidine rings is 1. The fourth-order valence-corrected chi connectivity index (χ4v) is 4.97. The monoisotopic (exact) mass is 490 g/mol. The van der Waals surface area contributed by atoms with Gasteiger partial charge in [-0.05, 0) is 99.5 Å². The molecule has 1 fully saturated rings. The summed E-state index contributed by atoms with van der Waals surface area (Å²) in [7, 11) is 1.78. The lowest BCUT2D eigenvalue weighted by Gasteiger charge is -2.40. The molecule has 6 nitrogen and oxygen atoms in total. The quantitative estimate of drug-likeness (QED) is 0.160. The maximum absolute atomic E-state index is 6.75. The summed E-state index contributed by atoms with van der Waals surface area (Å²) in [5.41, 5.74) is 3.65. The summed E-state index contributed by atoms with van der Waals surface area (Å²) in [4.78, 5) is 14.8. The number of pyridine rings is 2. The highest BCUT2D eigenvalue weighted by Crippen LogP contribution is 2.27. The number of ether oxygens (including phenoxy) is 2. The lowest BCUT2D eigenvalue weighted by molar-refractivity contribution is -0.198. The Hall–Kier alpha value is -2.67.